The number of carbonyl (C=O) groups excluding carboxylic acids is 4. The number of carbonyl (C=O) groups is 4. The largest absolute Gasteiger partial charge is 0.573 e. The average molecular weight is 584 g/mol. The van der Waals surface area contributed by atoms with Crippen molar-refractivity contribution in [2.24, 2.45) is 17.6 Å². The summed E-state index contributed by atoms with van der Waals surface area (Å²) >= 11 is 0. The second-order valence-electron chi connectivity index (χ2n) is 10.2. The van der Waals surface area contributed by atoms with E-state index in [1.807, 2.05) is 6.92 Å². The number of primary amides is 1. The zero-order valence-corrected chi connectivity index (χ0v) is 21.7. The van der Waals surface area contributed by atoms with E-state index in [2.05, 4.69) is 15.4 Å². The second-order valence-corrected chi connectivity index (χ2v) is 10.2. The Morgan fingerprint density at radius 1 is 1.20 bits per heavy atom. The van der Waals surface area contributed by atoms with Gasteiger partial charge in [0.1, 0.15) is 22.8 Å². The number of fused-ring (bicyclic) bond motifs is 3. The Bertz CT molecular complexity index is 1400. The van der Waals surface area contributed by atoms with Crippen LogP contribution >= 0.6 is 0 Å². The van der Waals surface area contributed by atoms with E-state index in [1.54, 1.807) is 0 Å². The fraction of sp³-hybridized carbons (Fsp3) is 0.462. The first-order valence-electron chi connectivity index (χ1n) is 12.7. The number of alkyl halides is 3. The number of aliphatic hydroxyl groups excluding tert-OH is 2. The molecule has 0 radical (unpaired) electrons. The molecule has 0 saturated heterocycles. The second kappa shape index (κ2) is 10.7. The third kappa shape index (κ3) is 5.22. The smallest absolute Gasteiger partial charge is 0.508 e. The Kier molecular flexibility index (Phi) is 7.80. The first kappa shape index (κ1) is 29.9. The van der Waals surface area contributed by atoms with Crippen molar-refractivity contribution >= 4 is 34.8 Å². The van der Waals surface area contributed by atoms with Crippen LogP contribution in [0.2, 0.25) is 0 Å². The molecule has 3 aliphatic rings. The van der Waals surface area contributed by atoms with E-state index < -0.39 is 105 Å². The van der Waals surface area contributed by atoms with Crippen LogP contribution in [0.1, 0.15) is 43.7 Å². The van der Waals surface area contributed by atoms with Crippen LogP contribution in [0.5, 0.6) is 11.5 Å². The van der Waals surface area contributed by atoms with Crippen LogP contribution in [0.3, 0.4) is 0 Å². The fourth-order valence-electron chi connectivity index (χ4n) is 5.66. The standard InChI is InChI=1S/C26H28F3N3O9/c1-2-3-4-31-9-16(34)32-13-8-15(41-26(27,28)29)12-6-10-5-11-7-14(33)19(24(30)39)23(38)25(11,40)22(37)17(10)21(36)18(12)20(13)35/h8,10-11,31,35-36,38,40H,2-7,9H2,1H3,(H2,30,39)(H,32,34)/t10?,11-,25-/m0/s1. The van der Waals surface area contributed by atoms with Crippen molar-refractivity contribution in [2.45, 2.75) is 51.0 Å². The first-order chi connectivity index (χ1) is 19.1. The molecule has 41 heavy (non-hydrogen) atoms. The summed E-state index contributed by atoms with van der Waals surface area (Å²) in [7, 11) is 0. The van der Waals surface area contributed by atoms with Crippen LogP contribution in [0.15, 0.2) is 23.0 Å². The molecule has 4 rings (SSSR count). The van der Waals surface area contributed by atoms with Gasteiger partial charge in [-0.1, -0.05) is 13.3 Å². The first-order valence-corrected chi connectivity index (χ1v) is 12.7. The number of rotatable bonds is 8. The number of unbranched alkanes of at least 4 members (excludes halogenated alkanes) is 1. The minimum Gasteiger partial charge on any atom is -0.508 e. The molecule has 0 aromatic heterocycles. The Balaban J connectivity index is 1.83. The number of amides is 2. The maximum absolute atomic E-state index is 13.6. The maximum atomic E-state index is 13.6. The molecule has 1 aromatic carbocycles. The predicted octanol–water partition coefficient (Wildman–Crippen LogP) is 1.65. The number of phenolic OH excluding ortho intramolecular Hbond substituents is 1. The lowest BCUT2D eigenvalue weighted by molar-refractivity contribution is -0.275. The number of phenols is 1. The number of hydrogen-bond donors (Lipinski definition) is 7. The molecule has 3 atom stereocenters. The third-order valence-corrected chi connectivity index (χ3v) is 7.52. The molecule has 3 aliphatic carbocycles. The highest BCUT2D eigenvalue weighted by atomic mass is 19.4. The molecule has 0 aliphatic heterocycles. The van der Waals surface area contributed by atoms with Gasteiger partial charge in [0.05, 0.1) is 17.8 Å². The molecule has 8 N–H and O–H groups in total. The number of halogens is 3. The van der Waals surface area contributed by atoms with Crippen molar-refractivity contribution in [3.8, 4) is 11.5 Å². The van der Waals surface area contributed by atoms with Gasteiger partial charge in [-0.2, -0.15) is 0 Å². The minimum atomic E-state index is -5.21. The summed E-state index contributed by atoms with van der Waals surface area (Å²) in [5, 5.41) is 49.1. The van der Waals surface area contributed by atoms with Gasteiger partial charge in [0, 0.05) is 29.5 Å². The van der Waals surface area contributed by atoms with Crippen LogP contribution < -0.4 is 21.1 Å². The molecule has 222 valence electrons. The zero-order chi connectivity index (χ0) is 30.4. The molecule has 12 nitrogen and oxygen atoms in total. The van der Waals surface area contributed by atoms with Gasteiger partial charge in [-0.3, -0.25) is 19.2 Å². The van der Waals surface area contributed by atoms with Crippen molar-refractivity contribution in [2.75, 3.05) is 18.4 Å². The summed E-state index contributed by atoms with van der Waals surface area (Å²) in [6.07, 6.45) is -4.90. The Hall–Kier alpha value is -4.11. The fourth-order valence-corrected chi connectivity index (χ4v) is 5.66. The Morgan fingerprint density at radius 2 is 1.88 bits per heavy atom. The predicted molar refractivity (Wildman–Crippen MR) is 134 cm³/mol. The number of nitrogens with one attached hydrogen (secondary N) is 2. The molecule has 1 unspecified atom stereocenters. The van der Waals surface area contributed by atoms with Crippen molar-refractivity contribution in [3.05, 3.63) is 34.1 Å². The van der Waals surface area contributed by atoms with Crippen LogP contribution in [-0.2, 0) is 25.6 Å². The SMILES string of the molecule is CCCCNCC(=O)Nc1cc(OC(F)(F)F)c2c(c1O)C(O)=C1C(=O)[C@]3(O)C(O)=C(C(N)=O)C(=O)C[C@@H]3CC1C2. The summed E-state index contributed by atoms with van der Waals surface area (Å²) in [5.41, 5.74) is -0.791. The van der Waals surface area contributed by atoms with Gasteiger partial charge >= 0.3 is 6.36 Å². The summed E-state index contributed by atoms with van der Waals surface area (Å²) in [6.45, 7) is 2.16. The van der Waals surface area contributed by atoms with E-state index >= 15 is 0 Å². The summed E-state index contributed by atoms with van der Waals surface area (Å²) < 4.78 is 44.2. The summed E-state index contributed by atoms with van der Waals surface area (Å²) in [5.74, 6) is -10.8. The lowest BCUT2D eigenvalue weighted by Gasteiger charge is -2.46. The third-order valence-electron chi connectivity index (χ3n) is 7.52. The maximum Gasteiger partial charge on any atom is 0.573 e. The number of ether oxygens (including phenoxy) is 1. The number of aromatic hydroxyl groups is 1. The van der Waals surface area contributed by atoms with Gasteiger partial charge in [-0.05, 0) is 31.7 Å². The van der Waals surface area contributed by atoms with Crippen molar-refractivity contribution < 1.29 is 57.5 Å². The minimum absolute atomic E-state index is 0.249. The molecule has 2 amide bonds. The van der Waals surface area contributed by atoms with Crippen LogP contribution in [0.4, 0.5) is 18.9 Å². The van der Waals surface area contributed by atoms with Crippen LogP contribution in [-0.4, -0.2) is 68.9 Å². The van der Waals surface area contributed by atoms with E-state index in [-0.39, 0.29) is 18.5 Å². The zero-order valence-electron chi connectivity index (χ0n) is 21.7. The van der Waals surface area contributed by atoms with Crippen LogP contribution in [0, 0.1) is 11.8 Å². The number of anilines is 1. The Labute approximate surface area is 230 Å². The number of nitrogens with two attached hydrogens (primary N) is 1. The molecule has 1 aromatic rings. The van der Waals surface area contributed by atoms with Crippen molar-refractivity contribution in [1.29, 1.82) is 0 Å². The van der Waals surface area contributed by atoms with Crippen molar-refractivity contribution in [3.63, 3.8) is 0 Å². The summed E-state index contributed by atoms with van der Waals surface area (Å²) in [6, 6.07) is 0.739. The summed E-state index contributed by atoms with van der Waals surface area (Å²) in [4.78, 5) is 50.2. The average Bonchev–Trinajstić information content (AvgIpc) is 2.85. The van der Waals surface area contributed by atoms with E-state index in [1.165, 1.54) is 0 Å². The highest BCUT2D eigenvalue weighted by Gasteiger charge is 2.60. The van der Waals surface area contributed by atoms with Gasteiger partial charge < -0.3 is 41.5 Å². The molecule has 1 fully saturated rings. The molecule has 15 heteroatoms. The molecule has 1 saturated carbocycles. The molecular formula is C26H28F3N3O9. The van der Waals surface area contributed by atoms with Gasteiger partial charge in [0.2, 0.25) is 11.7 Å². The molecule has 0 heterocycles. The van der Waals surface area contributed by atoms with Gasteiger partial charge in [0.15, 0.2) is 17.1 Å². The van der Waals surface area contributed by atoms with E-state index in [4.69, 9.17) is 5.73 Å². The van der Waals surface area contributed by atoms with Gasteiger partial charge in [-0.25, -0.2) is 0 Å². The molecular weight excluding hydrogens is 555 g/mol. The number of Topliss-reactive ketones (excluding diaryl/α,β-unsaturated/α-hetero) is 2. The highest BCUT2D eigenvalue weighted by molar-refractivity contribution is 6.22. The quantitative estimate of drug-likeness (QED) is 0.134. The van der Waals surface area contributed by atoms with Crippen LogP contribution in [0.25, 0.3) is 5.76 Å². The van der Waals surface area contributed by atoms with Crippen molar-refractivity contribution in [1.82, 2.24) is 5.32 Å². The molecule has 0 spiro atoms. The van der Waals surface area contributed by atoms with Gasteiger partial charge in [0.25, 0.3) is 5.91 Å². The number of benzene rings is 1. The number of aliphatic hydroxyl groups is 3. The highest BCUT2D eigenvalue weighted by Crippen LogP contribution is 2.54. The monoisotopic (exact) mass is 583 g/mol. The van der Waals surface area contributed by atoms with E-state index in [0.717, 1.165) is 18.9 Å². The van der Waals surface area contributed by atoms with E-state index in [0.29, 0.717) is 6.54 Å². The van der Waals surface area contributed by atoms with E-state index in [9.17, 15) is 52.8 Å². The molecule has 0 bridgehead atoms. The normalized spacial score (nSPS) is 24.0. The Morgan fingerprint density at radius 3 is 2.49 bits per heavy atom. The lowest BCUT2D eigenvalue weighted by Crippen LogP contribution is -2.58. The van der Waals surface area contributed by atoms with Gasteiger partial charge in [-0.15, -0.1) is 13.2 Å². The lowest BCUT2D eigenvalue weighted by atomic mass is 9.59. The number of ketones is 2. The topological polar surface area (TPSA) is 209 Å². The number of hydrogen-bond acceptors (Lipinski definition) is 10.